The van der Waals surface area contributed by atoms with E-state index in [0.29, 0.717) is 6.85 Å². The Hall–Kier alpha value is -0.825. The van der Waals surface area contributed by atoms with Crippen LogP contribution in [0.25, 0.3) is 0 Å². The van der Waals surface area contributed by atoms with Crippen LogP contribution >= 0.6 is 12.2 Å². The van der Waals surface area contributed by atoms with Gasteiger partial charge in [-0.1, -0.05) is 56.2 Å². The molecule has 0 radical (unpaired) electrons. The first-order chi connectivity index (χ1) is 5.70. The fourth-order valence-electron chi connectivity index (χ4n) is 0.935. The van der Waals surface area contributed by atoms with Gasteiger partial charge in [0.05, 0.1) is 4.99 Å². The topological polar surface area (TPSA) is 12.0 Å². The maximum Gasteiger partial charge on any atom is 0.245 e. The molecule has 0 aliphatic heterocycles. The minimum Gasteiger partial charge on any atom is -0.419 e. The third-order valence-corrected chi connectivity index (χ3v) is 1.81. The van der Waals surface area contributed by atoms with E-state index in [1.807, 2.05) is 30.3 Å². The largest absolute Gasteiger partial charge is 0.419 e. The van der Waals surface area contributed by atoms with E-state index in [1.165, 1.54) is 0 Å². The molecular formula is C9H12BNS. The summed E-state index contributed by atoms with van der Waals surface area (Å²) in [6.07, 6.45) is 0. The zero-order valence-corrected chi connectivity index (χ0v) is 8.19. The molecule has 0 bridgehead atoms. The average molecular weight is 177 g/mol. The molecule has 0 amide bonds. The lowest BCUT2D eigenvalue weighted by molar-refractivity contribution is 1.43. The molecule has 1 aromatic carbocycles. The maximum absolute atomic E-state index is 5.19. The molecule has 0 saturated heterocycles. The Morgan fingerprint density at radius 2 is 1.83 bits per heavy atom. The van der Waals surface area contributed by atoms with E-state index < -0.39 is 0 Å². The molecule has 0 aliphatic rings. The van der Waals surface area contributed by atoms with E-state index in [2.05, 4.69) is 18.9 Å². The maximum atomic E-state index is 5.19. The molecule has 1 aromatic rings. The summed E-state index contributed by atoms with van der Waals surface area (Å²) in [7, 11) is 0. The molecule has 0 fully saturated rings. The van der Waals surface area contributed by atoms with Crippen molar-refractivity contribution >= 4 is 24.1 Å². The smallest absolute Gasteiger partial charge is 0.245 e. The van der Waals surface area contributed by atoms with Gasteiger partial charge in [-0.05, 0) is 0 Å². The minimum atomic E-state index is 0.401. The fourth-order valence-corrected chi connectivity index (χ4v) is 1.31. The van der Waals surface area contributed by atoms with Crippen molar-refractivity contribution in [2.45, 2.75) is 13.6 Å². The number of hydrogen-bond donors (Lipinski definition) is 1. The number of nitrogens with one attached hydrogen (secondary N) is 1. The SMILES string of the molecule is CB(C)NC(=S)c1ccccc1. The van der Waals surface area contributed by atoms with E-state index in [-0.39, 0.29) is 0 Å². The van der Waals surface area contributed by atoms with Crippen LogP contribution in [0, 0.1) is 0 Å². The van der Waals surface area contributed by atoms with Gasteiger partial charge in [0, 0.05) is 5.56 Å². The van der Waals surface area contributed by atoms with Gasteiger partial charge in [0.2, 0.25) is 6.85 Å². The number of hydrogen-bond acceptors (Lipinski definition) is 1. The summed E-state index contributed by atoms with van der Waals surface area (Å²) in [5.74, 6) is 0. The lowest BCUT2D eigenvalue weighted by atomic mass is 9.69. The van der Waals surface area contributed by atoms with E-state index in [9.17, 15) is 0 Å². The normalized spacial score (nSPS) is 9.17. The Morgan fingerprint density at radius 3 is 2.33 bits per heavy atom. The first kappa shape index (κ1) is 9.26. The molecule has 1 nitrogen and oxygen atoms in total. The van der Waals surface area contributed by atoms with Gasteiger partial charge in [0.25, 0.3) is 0 Å². The number of thiocarbonyl (C=S) groups is 1. The molecule has 3 heteroatoms. The average Bonchev–Trinajstić information content (AvgIpc) is 2.05. The fraction of sp³-hybridized carbons (Fsp3) is 0.222. The van der Waals surface area contributed by atoms with Gasteiger partial charge >= 0.3 is 0 Å². The summed E-state index contributed by atoms with van der Waals surface area (Å²) >= 11 is 5.19. The number of rotatable bonds is 2. The lowest BCUT2D eigenvalue weighted by Gasteiger charge is -2.08. The quantitative estimate of drug-likeness (QED) is 0.549. The summed E-state index contributed by atoms with van der Waals surface area (Å²) in [6.45, 7) is 4.56. The zero-order chi connectivity index (χ0) is 8.97. The highest BCUT2D eigenvalue weighted by molar-refractivity contribution is 7.80. The Morgan fingerprint density at radius 1 is 1.25 bits per heavy atom. The van der Waals surface area contributed by atoms with Crippen LogP contribution in [0.2, 0.25) is 13.6 Å². The summed E-state index contributed by atoms with van der Waals surface area (Å²) in [4.78, 5) is 0.825. The van der Waals surface area contributed by atoms with Gasteiger partial charge < -0.3 is 5.23 Å². The Balaban J connectivity index is 2.66. The van der Waals surface area contributed by atoms with Crippen LogP contribution in [0.5, 0.6) is 0 Å². The van der Waals surface area contributed by atoms with Crippen molar-refractivity contribution in [3.8, 4) is 0 Å². The Bertz CT molecular complexity index is 258. The van der Waals surface area contributed by atoms with Crippen LogP contribution in [0.1, 0.15) is 5.56 Å². The van der Waals surface area contributed by atoms with E-state index in [1.54, 1.807) is 0 Å². The minimum absolute atomic E-state index is 0.401. The van der Waals surface area contributed by atoms with Gasteiger partial charge in [-0.2, -0.15) is 0 Å². The second-order valence-electron chi connectivity index (χ2n) is 2.99. The van der Waals surface area contributed by atoms with Crippen LogP contribution in [0.3, 0.4) is 0 Å². The Kier molecular flexibility index (Phi) is 3.29. The molecule has 0 spiro atoms. The van der Waals surface area contributed by atoms with Crippen LogP contribution in [-0.2, 0) is 0 Å². The van der Waals surface area contributed by atoms with Crippen LogP contribution in [-0.4, -0.2) is 11.8 Å². The summed E-state index contributed by atoms with van der Waals surface area (Å²) in [5.41, 5.74) is 1.08. The van der Waals surface area contributed by atoms with Crippen molar-refractivity contribution in [3.63, 3.8) is 0 Å². The summed E-state index contributed by atoms with van der Waals surface area (Å²) in [5, 5.41) is 3.19. The van der Waals surface area contributed by atoms with E-state index in [0.717, 1.165) is 10.6 Å². The molecule has 0 saturated carbocycles. The van der Waals surface area contributed by atoms with Crippen molar-refractivity contribution in [1.29, 1.82) is 0 Å². The third-order valence-electron chi connectivity index (χ3n) is 1.46. The highest BCUT2D eigenvalue weighted by Gasteiger charge is 2.02. The van der Waals surface area contributed by atoms with Crippen LogP contribution < -0.4 is 5.23 Å². The summed E-state index contributed by atoms with van der Waals surface area (Å²) < 4.78 is 0. The molecule has 0 unspecified atom stereocenters. The van der Waals surface area contributed by atoms with Crippen LogP contribution in [0.4, 0.5) is 0 Å². The monoisotopic (exact) mass is 177 g/mol. The van der Waals surface area contributed by atoms with Crippen molar-refractivity contribution < 1.29 is 0 Å². The number of benzene rings is 1. The molecular weight excluding hydrogens is 165 g/mol. The first-order valence-electron chi connectivity index (χ1n) is 4.06. The first-order valence-corrected chi connectivity index (χ1v) is 4.47. The standard InChI is InChI=1S/C9H12BNS/c1-10(2)11-9(12)8-6-4-3-5-7-8/h3-7H,1-2H3,(H,11,12). The second kappa shape index (κ2) is 4.26. The third kappa shape index (κ3) is 2.66. The van der Waals surface area contributed by atoms with Crippen molar-refractivity contribution in [1.82, 2.24) is 5.23 Å². The predicted molar refractivity (Wildman–Crippen MR) is 58.8 cm³/mol. The van der Waals surface area contributed by atoms with E-state index >= 15 is 0 Å². The van der Waals surface area contributed by atoms with Crippen molar-refractivity contribution in [3.05, 3.63) is 35.9 Å². The van der Waals surface area contributed by atoms with Crippen molar-refractivity contribution in [2.24, 2.45) is 0 Å². The molecule has 0 atom stereocenters. The zero-order valence-electron chi connectivity index (χ0n) is 7.37. The van der Waals surface area contributed by atoms with Crippen molar-refractivity contribution in [2.75, 3.05) is 0 Å². The molecule has 62 valence electrons. The second-order valence-corrected chi connectivity index (χ2v) is 3.40. The highest BCUT2D eigenvalue weighted by atomic mass is 32.1. The summed E-state index contributed by atoms with van der Waals surface area (Å²) in [6, 6.07) is 9.99. The molecule has 0 aliphatic carbocycles. The van der Waals surface area contributed by atoms with Gasteiger partial charge in [-0.25, -0.2) is 0 Å². The lowest BCUT2D eigenvalue weighted by Crippen LogP contribution is -2.32. The highest BCUT2D eigenvalue weighted by Crippen LogP contribution is 1.99. The molecule has 1 rings (SSSR count). The van der Waals surface area contributed by atoms with Gasteiger partial charge in [-0.3, -0.25) is 0 Å². The van der Waals surface area contributed by atoms with Crippen LogP contribution in [0.15, 0.2) is 30.3 Å². The Labute approximate surface area is 79.3 Å². The molecule has 0 aromatic heterocycles. The van der Waals surface area contributed by atoms with E-state index in [4.69, 9.17) is 12.2 Å². The van der Waals surface area contributed by atoms with Gasteiger partial charge in [0.15, 0.2) is 0 Å². The molecule has 0 heterocycles. The molecule has 12 heavy (non-hydrogen) atoms. The molecule has 1 N–H and O–H groups in total. The van der Waals surface area contributed by atoms with Gasteiger partial charge in [0.1, 0.15) is 0 Å². The predicted octanol–water partition coefficient (Wildman–Crippen LogP) is 2.20. The van der Waals surface area contributed by atoms with Gasteiger partial charge in [-0.15, -0.1) is 0 Å².